The Bertz CT molecular complexity index is 1120. The molecule has 4 aromatic rings. The number of rotatable bonds is 3. The van der Waals surface area contributed by atoms with Gasteiger partial charge in [0.05, 0.1) is 30.9 Å². The van der Waals surface area contributed by atoms with Crippen molar-refractivity contribution in [1.82, 2.24) is 19.6 Å². The third-order valence-corrected chi connectivity index (χ3v) is 4.20. The molecule has 2 aromatic carbocycles. The van der Waals surface area contributed by atoms with Crippen molar-refractivity contribution in [2.75, 3.05) is 12.8 Å². The fourth-order valence-corrected chi connectivity index (χ4v) is 2.88. The van der Waals surface area contributed by atoms with Crippen LogP contribution in [0.25, 0.3) is 28.3 Å². The van der Waals surface area contributed by atoms with Gasteiger partial charge < -0.3 is 10.5 Å². The molecule has 0 saturated heterocycles. The highest BCUT2D eigenvalue weighted by molar-refractivity contribution is 5.69. The molecule has 130 valence electrons. The van der Waals surface area contributed by atoms with E-state index in [2.05, 4.69) is 15.1 Å². The summed E-state index contributed by atoms with van der Waals surface area (Å²) in [4.78, 5) is 8.79. The number of hydrogen-bond acceptors (Lipinski definition) is 5. The molecule has 0 fully saturated rings. The Hall–Kier alpha value is -3.48. The lowest BCUT2D eigenvalue weighted by molar-refractivity contribution is 0.417. The lowest BCUT2D eigenvalue weighted by Crippen LogP contribution is -1.97. The second kappa shape index (κ2) is 6.11. The first-order valence-corrected chi connectivity index (χ1v) is 7.98. The van der Waals surface area contributed by atoms with E-state index in [1.165, 1.54) is 12.1 Å². The summed E-state index contributed by atoms with van der Waals surface area (Å²) >= 11 is 0. The van der Waals surface area contributed by atoms with E-state index in [-0.39, 0.29) is 5.82 Å². The lowest BCUT2D eigenvalue weighted by Gasteiger charge is -2.07. The first-order valence-electron chi connectivity index (χ1n) is 7.98. The molecule has 0 radical (unpaired) electrons. The van der Waals surface area contributed by atoms with Gasteiger partial charge in [0.2, 0.25) is 0 Å². The first kappa shape index (κ1) is 16.0. The van der Waals surface area contributed by atoms with Crippen LogP contribution in [-0.2, 0) is 0 Å². The van der Waals surface area contributed by atoms with E-state index in [1.807, 2.05) is 13.0 Å². The minimum absolute atomic E-state index is 0.278. The zero-order valence-corrected chi connectivity index (χ0v) is 14.3. The van der Waals surface area contributed by atoms with Crippen molar-refractivity contribution in [2.45, 2.75) is 6.92 Å². The Kier molecular flexibility index (Phi) is 3.76. The van der Waals surface area contributed by atoms with Crippen LogP contribution >= 0.6 is 0 Å². The maximum atomic E-state index is 13.4. The average molecular weight is 349 g/mol. The van der Waals surface area contributed by atoms with Gasteiger partial charge in [-0.15, -0.1) is 5.10 Å². The summed E-state index contributed by atoms with van der Waals surface area (Å²) in [5.74, 6) is 0.811. The van der Waals surface area contributed by atoms with Gasteiger partial charge in [-0.3, -0.25) is 4.98 Å². The summed E-state index contributed by atoms with van der Waals surface area (Å²) in [6.07, 6.45) is 3.32. The summed E-state index contributed by atoms with van der Waals surface area (Å²) in [7, 11) is 1.56. The Morgan fingerprint density at radius 1 is 1.12 bits per heavy atom. The van der Waals surface area contributed by atoms with Gasteiger partial charge in [0.25, 0.3) is 0 Å². The topological polar surface area (TPSA) is 78.3 Å². The number of nitrogens with two attached hydrogens (primary N) is 1. The minimum Gasteiger partial charge on any atom is -0.495 e. The van der Waals surface area contributed by atoms with Crippen molar-refractivity contribution < 1.29 is 9.13 Å². The van der Waals surface area contributed by atoms with E-state index in [4.69, 9.17) is 10.5 Å². The fourth-order valence-electron chi connectivity index (χ4n) is 2.88. The predicted octanol–water partition coefficient (Wildman–Crippen LogP) is 3.50. The molecule has 0 spiro atoms. The zero-order valence-electron chi connectivity index (χ0n) is 14.3. The summed E-state index contributed by atoms with van der Waals surface area (Å²) in [5.41, 5.74) is 10.2. The maximum Gasteiger partial charge on any atom is 0.182 e. The van der Waals surface area contributed by atoms with Crippen LogP contribution < -0.4 is 10.5 Å². The number of fused-ring (bicyclic) bond motifs is 1. The van der Waals surface area contributed by atoms with Crippen LogP contribution in [0.4, 0.5) is 10.1 Å². The minimum atomic E-state index is -0.278. The summed E-state index contributed by atoms with van der Waals surface area (Å²) in [6.45, 7) is 1.85. The molecular weight excluding hydrogens is 333 g/mol. The smallest absolute Gasteiger partial charge is 0.182 e. The highest BCUT2D eigenvalue weighted by Crippen LogP contribution is 2.29. The summed E-state index contributed by atoms with van der Waals surface area (Å²) in [6, 6.07) is 10.0. The van der Waals surface area contributed by atoms with E-state index in [0.717, 1.165) is 22.4 Å². The Morgan fingerprint density at radius 2 is 1.96 bits per heavy atom. The highest BCUT2D eigenvalue weighted by Gasteiger charge is 2.14. The summed E-state index contributed by atoms with van der Waals surface area (Å²) in [5, 5.41) is 4.60. The standard InChI is InChI=1S/C19H16FN5O/c1-11-7-13(20)4-5-14(11)16-9-22-10-18-23-19(24-25(16)18)12-3-6-15(21)17(8-12)26-2/h3-10H,21H2,1-2H3. The lowest BCUT2D eigenvalue weighted by atomic mass is 10.1. The van der Waals surface area contributed by atoms with Gasteiger partial charge in [-0.25, -0.2) is 13.9 Å². The second-order valence-corrected chi connectivity index (χ2v) is 5.91. The van der Waals surface area contributed by atoms with E-state index >= 15 is 0 Å². The van der Waals surface area contributed by atoms with Crippen molar-refractivity contribution in [3.63, 3.8) is 0 Å². The molecule has 4 rings (SSSR count). The molecule has 0 aliphatic carbocycles. The second-order valence-electron chi connectivity index (χ2n) is 5.91. The molecule has 6 nitrogen and oxygen atoms in total. The van der Waals surface area contributed by atoms with E-state index < -0.39 is 0 Å². The third-order valence-electron chi connectivity index (χ3n) is 4.20. The van der Waals surface area contributed by atoms with Crippen LogP contribution in [0.2, 0.25) is 0 Å². The number of nitrogens with zero attached hydrogens (tertiary/aromatic N) is 4. The van der Waals surface area contributed by atoms with Crippen molar-refractivity contribution in [3.8, 4) is 28.4 Å². The van der Waals surface area contributed by atoms with Crippen molar-refractivity contribution in [3.05, 3.63) is 60.2 Å². The molecule has 26 heavy (non-hydrogen) atoms. The Labute approximate surface area is 149 Å². The van der Waals surface area contributed by atoms with Crippen LogP contribution in [-0.4, -0.2) is 26.7 Å². The summed E-state index contributed by atoms with van der Waals surface area (Å²) < 4.78 is 20.4. The number of hydrogen-bond donors (Lipinski definition) is 1. The third kappa shape index (κ3) is 2.63. The molecule has 7 heteroatoms. The molecule has 2 N–H and O–H groups in total. The Balaban J connectivity index is 1.88. The number of aromatic nitrogens is 4. The van der Waals surface area contributed by atoms with Crippen LogP contribution in [0.1, 0.15) is 5.56 Å². The van der Waals surface area contributed by atoms with Gasteiger partial charge in [-0.2, -0.15) is 0 Å². The SMILES string of the molecule is COc1cc(-c2nc3cncc(-c4ccc(F)cc4C)n3n2)ccc1N. The van der Waals surface area contributed by atoms with Gasteiger partial charge in [0.1, 0.15) is 11.6 Å². The normalized spacial score (nSPS) is 11.0. The molecular formula is C19H16FN5O. The van der Waals surface area contributed by atoms with Crippen LogP contribution in [0.5, 0.6) is 5.75 Å². The fraction of sp³-hybridized carbons (Fsp3) is 0.105. The number of aryl methyl sites for hydroxylation is 1. The van der Waals surface area contributed by atoms with Crippen LogP contribution in [0.15, 0.2) is 48.8 Å². The molecule has 0 amide bonds. The van der Waals surface area contributed by atoms with E-state index in [0.29, 0.717) is 22.9 Å². The Morgan fingerprint density at radius 3 is 2.73 bits per heavy atom. The number of methoxy groups -OCH3 is 1. The molecule has 0 atom stereocenters. The van der Waals surface area contributed by atoms with E-state index in [1.54, 1.807) is 42.2 Å². The maximum absolute atomic E-state index is 13.4. The molecule has 0 aliphatic rings. The van der Waals surface area contributed by atoms with Gasteiger partial charge in [-0.1, -0.05) is 0 Å². The number of benzene rings is 2. The van der Waals surface area contributed by atoms with Gasteiger partial charge >= 0.3 is 0 Å². The number of ether oxygens (including phenoxy) is 1. The quantitative estimate of drug-likeness (QED) is 0.573. The molecule has 0 bridgehead atoms. The number of anilines is 1. The molecule has 0 saturated carbocycles. The van der Waals surface area contributed by atoms with Crippen LogP contribution in [0.3, 0.4) is 0 Å². The molecule has 2 heterocycles. The monoisotopic (exact) mass is 349 g/mol. The largest absolute Gasteiger partial charge is 0.495 e. The first-order chi connectivity index (χ1) is 12.6. The van der Waals surface area contributed by atoms with Crippen molar-refractivity contribution in [1.29, 1.82) is 0 Å². The van der Waals surface area contributed by atoms with Crippen molar-refractivity contribution in [2.24, 2.45) is 0 Å². The van der Waals surface area contributed by atoms with Crippen LogP contribution in [0, 0.1) is 12.7 Å². The molecule has 2 aromatic heterocycles. The van der Waals surface area contributed by atoms with Gasteiger partial charge in [0, 0.05) is 11.1 Å². The number of halogens is 1. The molecule has 0 aliphatic heterocycles. The average Bonchev–Trinajstić information content (AvgIpc) is 3.06. The van der Waals surface area contributed by atoms with Gasteiger partial charge in [0.15, 0.2) is 11.5 Å². The van der Waals surface area contributed by atoms with Crippen molar-refractivity contribution >= 4 is 11.3 Å². The zero-order chi connectivity index (χ0) is 18.3. The number of nitrogen functional groups attached to an aromatic ring is 1. The van der Waals surface area contributed by atoms with Gasteiger partial charge in [-0.05, 0) is 48.9 Å². The molecule has 0 unspecified atom stereocenters. The highest BCUT2D eigenvalue weighted by atomic mass is 19.1. The predicted molar refractivity (Wildman–Crippen MR) is 97.3 cm³/mol. The van der Waals surface area contributed by atoms with E-state index in [9.17, 15) is 4.39 Å².